The number of aliphatic hydroxyl groups excluding tert-OH is 1. The Hall–Kier alpha value is -1.95. The van der Waals surface area contributed by atoms with Gasteiger partial charge < -0.3 is 15.3 Å². The predicted octanol–water partition coefficient (Wildman–Crippen LogP) is 1.16. The zero-order valence-electron chi connectivity index (χ0n) is 11.4. The molecule has 0 fully saturated rings. The van der Waals surface area contributed by atoms with Gasteiger partial charge in [0.15, 0.2) is 0 Å². The van der Waals surface area contributed by atoms with E-state index in [1.807, 2.05) is 0 Å². The van der Waals surface area contributed by atoms with Crippen molar-refractivity contribution in [2.75, 3.05) is 18.9 Å². The van der Waals surface area contributed by atoms with Crippen molar-refractivity contribution in [3.05, 3.63) is 29.1 Å². The summed E-state index contributed by atoms with van der Waals surface area (Å²) in [4.78, 5) is 24.7. The molecule has 1 aliphatic heterocycles. The summed E-state index contributed by atoms with van der Waals surface area (Å²) in [6, 6.07) is 2.65. The molecule has 6 heteroatoms. The van der Waals surface area contributed by atoms with Crippen LogP contribution in [0, 0.1) is 5.82 Å². The number of hydrogen-bond acceptors (Lipinski definition) is 3. The third-order valence-electron chi connectivity index (χ3n) is 3.20. The number of carbonyl (C=O) groups excluding carboxylic acids is 2. The normalized spacial score (nSPS) is 15.3. The van der Waals surface area contributed by atoms with Crippen molar-refractivity contribution in [2.45, 2.75) is 25.9 Å². The minimum atomic E-state index is -0.677. The number of halogens is 1. The Morgan fingerprint density at radius 1 is 1.50 bits per heavy atom. The molecule has 1 aromatic rings. The molecule has 0 spiro atoms. The van der Waals surface area contributed by atoms with Crippen LogP contribution >= 0.6 is 0 Å². The molecule has 1 heterocycles. The van der Waals surface area contributed by atoms with Crippen molar-refractivity contribution >= 4 is 17.5 Å². The lowest BCUT2D eigenvalue weighted by Crippen LogP contribution is -2.33. The molecule has 0 aromatic heterocycles. The van der Waals surface area contributed by atoms with Crippen LogP contribution in [0.25, 0.3) is 0 Å². The number of nitrogens with zero attached hydrogens (tertiary/aromatic N) is 1. The lowest BCUT2D eigenvalue weighted by atomic mass is 9.99. The number of amides is 2. The highest BCUT2D eigenvalue weighted by Gasteiger charge is 2.22. The zero-order chi connectivity index (χ0) is 14.9. The van der Waals surface area contributed by atoms with E-state index in [9.17, 15) is 19.1 Å². The first kappa shape index (κ1) is 14.5. The average molecular weight is 280 g/mol. The smallest absolute Gasteiger partial charge is 0.256 e. The third kappa shape index (κ3) is 2.96. The number of nitrogens with one attached hydrogen (secondary N) is 1. The van der Waals surface area contributed by atoms with Gasteiger partial charge in [-0.1, -0.05) is 0 Å². The van der Waals surface area contributed by atoms with Gasteiger partial charge in [-0.2, -0.15) is 0 Å². The molecule has 1 aromatic carbocycles. The highest BCUT2D eigenvalue weighted by molar-refractivity contribution is 5.98. The first-order valence-electron chi connectivity index (χ1n) is 6.44. The second-order valence-electron chi connectivity index (χ2n) is 5.07. The van der Waals surface area contributed by atoms with Gasteiger partial charge in [0.1, 0.15) is 5.82 Å². The van der Waals surface area contributed by atoms with Crippen LogP contribution in [-0.4, -0.2) is 41.5 Å². The molecule has 1 aliphatic rings. The first-order valence-corrected chi connectivity index (χ1v) is 6.44. The summed E-state index contributed by atoms with van der Waals surface area (Å²) in [5.74, 6) is -1.31. The van der Waals surface area contributed by atoms with Crippen LogP contribution in [0.2, 0.25) is 0 Å². The lowest BCUT2D eigenvalue weighted by molar-refractivity contribution is -0.116. The first-order chi connectivity index (χ1) is 9.38. The van der Waals surface area contributed by atoms with Crippen molar-refractivity contribution in [3.8, 4) is 0 Å². The van der Waals surface area contributed by atoms with Crippen molar-refractivity contribution in [1.29, 1.82) is 0 Å². The number of aryl methyl sites for hydroxylation is 1. The van der Waals surface area contributed by atoms with Crippen molar-refractivity contribution in [3.63, 3.8) is 0 Å². The highest BCUT2D eigenvalue weighted by Crippen LogP contribution is 2.26. The number of anilines is 1. The fourth-order valence-electron chi connectivity index (χ4n) is 2.25. The fraction of sp³-hybridized carbons (Fsp3) is 0.429. The van der Waals surface area contributed by atoms with Gasteiger partial charge in [-0.05, 0) is 31.0 Å². The molecule has 0 bridgehead atoms. The Balaban J connectivity index is 2.29. The van der Waals surface area contributed by atoms with Gasteiger partial charge in [-0.15, -0.1) is 0 Å². The zero-order valence-corrected chi connectivity index (χ0v) is 11.4. The molecule has 0 aliphatic carbocycles. The van der Waals surface area contributed by atoms with Gasteiger partial charge in [0.05, 0.1) is 11.7 Å². The van der Waals surface area contributed by atoms with Crippen LogP contribution in [0.15, 0.2) is 12.1 Å². The quantitative estimate of drug-likeness (QED) is 0.873. The van der Waals surface area contributed by atoms with Crippen LogP contribution in [0.3, 0.4) is 0 Å². The van der Waals surface area contributed by atoms with E-state index < -0.39 is 17.8 Å². The molecule has 2 rings (SSSR count). The van der Waals surface area contributed by atoms with Crippen molar-refractivity contribution in [1.82, 2.24) is 4.90 Å². The number of rotatable bonds is 3. The minimum Gasteiger partial charge on any atom is -0.392 e. The van der Waals surface area contributed by atoms with Gasteiger partial charge in [0.2, 0.25) is 5.91 Å². The molecule has 5 nitrogen and oxygen atoms in total. The van der Waals surface area contributed by atoms with Crippen LogP contribution in [0.1, 0.15) is 29.3 Å². The van der Waals surface area contributed by atoms with Crippen LogP contribution in [0.4, 0.5) is 10.1 Å². The number of carbonyl (C=O) groups is 2. The van der Waals surface area contributed by atoms with Gasteiger partial charge in [0.25, 0.3) is 5.91 Å². The maximum absolute atomic E-state index is 14.0. The van der Waals surface area contributed by atoms with E-state index in [0.29, 0.717) is 18.5 Å². The molecule has 1 atom stereocenters. The average Bonchev–Trinajstić information content (AvgIpc) is 2.36. The van der Waals surface area contributed by atoms with Crippen molar-refractivity contribution in [2.24, 2.45) is 0 Å². The molecule has 0 radical (unpaired) electrons. The summed E-state index contributed by atoms with van der Waals surface area (Å²) in [6.07, 6.45) is 0.140. The van der Waals surface area contributed by atoms with Gasteiger partial charge >= 0.3 is 0 Å². The maximum atomic E-state index is 14.0. The molecule has 2 amide bonds. The van der Waals surface area contributed by atoms with E-state index in [1.54, 1.807) is 6.92 Å². The van der Waals surface area contributed by atoms with E-state index in [0.717, 1.165) is 5.56 Å². The monoisotopic (exact) mass is 280 g/mol. The number of hydrogen-bond donors (Lipinski definition) is 2. The Bertz CT molecular complexity index is 558. The van der Waals surface area contributed by atoms with E-state index >= 15 is 0 Å². The summed E-state index contributed by atoms with van der Waals surface area (Å²) in [5, 5.41) is 11.9. The van der Waals surface area contributed by atoms with Crippen LogP contribution in [0.5, 0.6) is 0 Å². The summed E-state index contributed by atoms with van der Waals surface area (Å²) >= 11 is 0. The molecular formula is C14H17FN2O3. The topological polar surface area (TPSA) is 69.6 Å². The van der Waals surface area contributed by atoms with Crippen LogP contribution in [-0.2, 0) is 11.2 Å². The molecule has 1 unspecified atom stereocenters. The molecular weight excluding hydrogens is 263 g/mol. The molecule has 0 saturated heterocycles. The summed E-state index contributed by atoms with van der Waals surface area (Å²) in [6.45, 7) is 1.69. The summed E-state index contributed by atoms with van der Waals surface area (Å²) in [5.41, 5.74) is 1.14. The predicted molar refractivity (Wildman–Crippen MR) is 72.0 cm³/mol. The second-order valence-corrected chi connectivity index (χ2v) is 5.07. The minimum absolute atomic E-state index is 0.0388. The van der Waals surface area contributed by atoms with E-state index in [4.69, 9.17) is 0 Å². The Kier molecular flexibility index (Phi) is 4.04. The number of likely N-dealkylation sites (N-methyl/N-ethyl adjacent to an activating group) is 1. The van der Waals surface area contributed by atoms with Gasteiger partial charge in [-0.25, -0.2) is 4.39 Å². The number of fused-ring (bicyclic) bond motifs is 1. The van der Waals surface area contributed by atoms with Crippen LogP contribution < -0.4 is 5.32 Å². The number of benzene rings is 1. The van der Waals surface area contributed by atoms with E-state index in [2.05, 4.69) is 5.32 Å². The summed E-state index contributed by atoms with van der Waals surface area (Å²) in [7, 11) is 1.51. The van der Waals surface area contributed by atoms with Gasteiger partial charge in [-0.3, -0.25) is 9.59 Å². The molecule has 20 heavy (non-hydrogen) atoms. The number of aliphatic hydroxyl groups is 1. The Morgan fingerprint density at radius 2 is 2.20 bits per heavy atom. The lowest BCUT2D eigenvalue weighted by Gasteiger charge is -2.22. The maximum Gasteiger partial charge on any atom is 0.256 e. The standard InChI is InChI=1S/C14H17FN2O3/c1-8(18)7-17(2)14(20)10-5-9-3-4-13(19)16-12(9)6-11(10)15/h5-6,8,18H,3-4,7H2,1-2H3,(H,16,19). The van der Waals surface area contributed by atoms with E-state index in [1.165, 1.54) is 24.1 Å². The molecule has 2 N–H and O–H groups in total. The Labute approximate surface area is 116 Å². The van der Waals surface area contributed by atoms with E-state index in [-0.39, 0.29) is 18.0 Å². The third-order valence-corrected chi connectivity index (χ3v) is 3.20. The Morgan fingerprint density at radius 3 is 2.85 bits per heavy atom. The summed E-state index contributed by atoms with van der Waals surface area (Å²) < 4.78 is 14.0. The highest BCUT2D eigenvalue weighted by atomic mass is 19.1. The fourth-order valence-corrected chi connectivity index (χ4v) is 2.25. The molecule has 108 valence electrons. The molecule has 0 saturated carbocycles. The van der Waals surface area contributed by atoms with Gasteiger partial charge in [0, 0.05) is 25.7 Å². The van der Waals surface area contributed by atoms with Crippen molar-refractivity contribution < 1.29 is 19.1 Å². The largest absolute Gasteiger partial charge is 0.392 e. The second kappa shape index (κ2) is 5.58. The SMILES string of the molecule is CC(O)CN(C)C(=O)c1cc2c(cc1F)NC(=O)CC2.